The molecule has 7 heteroatoms. The van der Waals surface area contributed by atoms with Gasteiger partial charge >= 0.3 is 0 Å². The van der Waals surface area contributed by atoms with E-state index in [1.165, 1.54) is 0 Å². The number of carbonyl (C=O) groups is 1. The van der Waals surface area contributed by atoms with Gasteiger partial charge in [0.2, 0.25) is 0 Å². The number of rotatable bonds is 4. The van der Waals surface area contributed by atoms with Gasteiger partial charge in [-0.15, -0.1) is 0 Å². The molecule has 1 aromatic heterocycles. The highest BCUT2D eigenvalue weighted by molar-refractivity contribution is 6.36. The molecule has 0 bridgehead atoms. The van der Waals surface area contributed by atoms with Crippen LogP contribution in [0.2, 0.25) is 10.0 Å². The zero-order chi connectivity index (χ0) is 18.7. The van der Waals surface area contributed by atoms with Gasteiger partial charge in [-0.3, -0.25) is 9.89 Å². The second kappa shape index (κ2) is 7.72. The van der Waals surface area contributed by atoms with Gasteiger partial charge in [-0.2, -0.15) is 10.2 Å². The Balaban J connectivity index is 1.74. The summed E-state index contributed by atoms with van der Waals surface area (Å²) >= 11 is 12.1. The molecule has 3 aromatic rings. The van der Waals surface area contributed by atoms with E-state index in [1.807, 2.05) is 38.1 Å². The first kappa shape index (κ1) is 18.2. The summed E-state index contributed by atoms with van der Waals surface area (Å²) in [6, 6.07) is 14.6. The molecular weight excluding hydrogens is 371 g/mol. The van der Waals surface area contributed by atoms with Crippen LogP contribution >= 0.6 is 23.2 Å². The lowest BCUT2D eigenvalue weighted by Gasteiger charge is -2.02. The van der Waals surface area contributed by atoms with Gasteiger partial charge in [0.15, 0.2) is 0 Å². The van der Waals surface area contributed by atoms with Crippen LogP contribution in [0.3, 0.4) is 0 Å². The predicted octanol–water partition coefficient (Wildman–Crippen LogP) is 4.85. The summed E-state index contributed by atoms with van der Waals surface area (Å²) in [5.41, 5.74) is 6.86. The second-order valence-corrected chi connectivity index (χ2v) is 6.64. The fraction of sp³-hybridized carbons (Fsp3) is 0.105. The lowest BCUT2D eigenvalue weighted by molar-refractivity contribution is 0.0950. The van der Waals surface area contributed by atoms with Crippen LogP contribution in [0.15, 0.2) is 53.6 Å². The van der Waals surface area contributed by atoms with Crippen LogP contribution < -0.4 is 5.43 Å². The van der Waals surface area contributed by atoms with Crippen molar-refractivity contribution in [1.29, 1.82) is 0 Å². The third-order valence-electron chi connectivity index (χ3n) is 3.82. The molecule has 0 aliphatic heterocycles. The molecule has 1 amide bonds. The number of aryl methyl sites for hydroxylation is 1. The van der Waals surface area contributed by atoms with Gasteiger partial charge in [-0.1, -0.05) is 53.0 Å². The maximum atomic E-state index is 12.3. The molecule has 2 N–H and O–H groups in total. The Morgan fingerprint density at radius 3 is 2.54 bits per heavy atom. The second-order valence-electron chi connectivity index (χ2n) is 5.80. The van der Waals surface area contributed by atoms with E-state index in [9.17, 15) is 4.79 Å². The van der Waals surface area contributed by atoms with E-state index in [0.717, 1.165) is 11.1 Å². The predicted molar refractivity (Wildman–Crippen MR) is 105 cm³/mol. The number of halogens is 2. The number of nitrogens with one attached hydrogen (secondary N) is 2. The van der Waals surface area contributed by atoms with Crippen LogP contribution in [0.4, 0.5) is 0 Å². The molecule has 0 fully saturated rings. The third kappa shape index (κ3) is 4.12. The number of nitrogens with zero attached hydrogens (tertiary/aromatic N) is 2. The van der Waals surface area contributed by atoms with Crippen molar-refractivity contribution in [3.8, 4) is 11.3 Å². The summed E-state index contributed by atoms with van der Waals surface area (Å²) in [6.07, 6.45) is 0. The number of H-pyrrole nitrogens is 1. The average molecular weight is 387 g/mol. The van der Waals surface area contributed by atoms with Crippen molar-refractivity contribution in [1.82, 2.24) is 15.6 Å². The number of aromatic amines is 1. The Labute approximate surface area is 161 Å². The van der Waals surface area contributed by atoms with Crippen molar-refractivity contribution >= 4 is 34.8 Å². The molecule has 2 aromatic carbocycles. The van der Waals surface area contributed by atoms with Crippen molar-refractivity contribution in [3.05, 3.63) is 75.4 Å². The fourth-order valence-electron chi connectivity index (χ4n) is 2.33. The summed E-state index contributed by atoms with van der Waals surface area (Å²) in [7, 11) is 0. The van der Waals surface area contributed by atoms with E-state index >= 15 is 0 Å². The first-order chi connectivity index (χ1) is 12.4. The van der Waals surface area contributed by atoms with Crippen LogP contribution in [0.5, 0.6) is 0 Å². The standard InChI is InChI=1S/C19H16Cl2N4O/c1-11-3-5-13(6-4-11)12(2)22-25-19(26)18-10-17(23-24-18)15-8-7-14(20)9-16(15)21/h3-10H,1-2H3,(H,23,24)(H,25,26)/b22-12+. The van der Waals surface area contributed by atoms with Gasteiger partial charge in [0.1, 0.15) is 5.69 Å². The normalized spacial score (nSPS) is 11.5. The van der Waals surface area contributed by atoms with Gasteiger partial charge in [0.25, 0.3) is 5.91 Å². The van der Waals surface area contributed by atoms with Crippen molar-refractivity contribution in [3.63, 3.8) is 0 Å². The maximum absolute atomic E-state index is 12.3. The van der Waals surface area contributed by atoms with E-state index in [1.54, 1.807) is 24.3 Å². The molecule has 3 rings (SSSR count). The van der Waals surface area contributed by atoms with E-state index < -0.39 is 0 Å². The fourth-order valence-corrected chi connectivity index (χ4v) is 2.83. The highest BCUT2D eigenvalue weighted by Gasteiger charge is 2.13. The number of hydrogen-bond donors (Lipinski definition) is 2. The third-order valence-corrected chi connectivity index (χ3v) is 4.37. The number of amides is 1. The molecule has 0 atom stereocenters. The zero-order valence-corrected chi connectivity index (χ0v) is 15.7. The molecule has 0 aliphatic carbocycles. The zero-order valence-electron chi connectivity index (χ0n) is 14.2. The molecule has 1 heterocycles. The first-order valence-corrected chi connectivity index (χ1v) is 8.62. The van der Waals surface area contributed by atoms with E-state index in [0.29, 0.717) is 27.0 Å². The van der Waals surface area contributed by atoms with E-state index in [4.69, 9.17) is 23.2 Å². The molecule has 0 radical (unpaired) electrons. The Kier molecular flexibility index (Phi) is 5.40. The summed E-state index contributed by atoms with van der Waals surface area (Å²) in [5, 5.41) is 12.0. The van der Waals surface area contributed by atoms with Crippen molar-refractivity contribution in [2.75, 3.05) is 0 Å². The average Bonchev–Trinajstić information content (AvgIpc) is 3.10. The van der Waals surface area contributed by atoms with Crippen molar-refractivity contribution in [2.45, 2.75) is 13.8 Å². The van der Waals surface area contributed by atoms with Gasteiger partial charge in [-0.25, -0.2) is 5.43 Å². The monoisotopic (exact) mass is 386 g/mol. The molecule has 0 aliphatic rings. The smallest absolute Gasteiger partial charge is 0.272 e. The molecule has 0 unspecified atom stereocenters. The van der Waals surface area contributed by atoms with Crippen LogP contribution in [-0.4, -0.2) is 21.8 Å². The molecule has 132 valence electrons. The summed E-state index contributed by atoms with van der Waals surface area (Å²) in [4.78, 5) is 12.3. The van der Waals surface area contributed by atoms with Gasteiger partial charge in [0, 0.05) is 10.6 Å². The minimum absolute atomic E-state index is 0.284. The Hall–Kier alpha value is -2.63. The minimum Gasteiger partial charge on any atom is -0.272 e. The molecule has 0 saturated carbocycles. The van der Waals surface area contributed by atoms with Gasteiger partial charge < -0.3 is 0 Å². The van der Waals surface area contributed by atoms with Crippen LogP contribution in [0.1, 0.15) is 28.5 Å². The van der Waals surface area contributed by atoms with E-state index in [-0.39, 0.29) is 11.6 Å². The van der Waals surface area contributed by atoms with Crippen LogP contribution in [-0.2, 0) is 0 Å². The number of carbonyl (C=O) groups excluding carboxylic acids is 1. The lowest BCUT2D eigenvalue weighted by atomic mass is 10.1. The summed E-state index contributed by atoms with van der Waals surface area (Å²) in [6.45, 7) is 3.84. The molecule has 5 nitrogen and oxygen atoms in total. The maximum Gasteiger partial charge on any atom is 0.289 e. The molecule has 0 saturated heterocycles. The Bertz CT molecular complexity index is 977. The van der Waals surface area contributed by atoms with Gasteiger partial charge in [0.05, 0.1) is 16.4 Å². The summed E-state index contributed by atoms with van der Waals surface area (Å²) in [5.74, 6) is -0.389. The topological polar surface area (TPSA) is 70.1 Å². The number of hydrazone groups is 1. The molecule has 0 spiro atoms. The first-order valence-electron chi connectivity index (χ1n) is 7.86. The number of aromatic nitrogens is 2. The van der Waals surface area contributed by atoms with Crippen molar-refractivity contribution in [2.24, 2.45) is 5.10 Å². The Morgan fingerprint density at radius 1 is 1.12 bits per heavy atom. The molecular formula is C19H16Cl2N4O. The van der Waals surface area contributed by atoms with Gasteiger partial charge in [-0.05, 0) is 43.7 Å². The largest absolute Gasteiger partial charge is 0.289 e. The minimum atomic E-state index is -0.389. The summed E-state index contributed by atoms with van der Waals surface area (Å²) < 4.78 is 0. The number of hydrogen-bond acceptors (Lipinski definition) is 3. The van der Waals surface area contributed by atoms with Crippen molar-refractivity contribution < 1.29 is 4.79 Å². The highest BCUT2D eigenvalue weighted by atomic mass is 35.5. The van der Waals surface area contributed by atoms with Crippen LogP contribution in [0.25, 0.3) is 11.3 Å². The highest BCUT2D eigenvalue weighted by Crippen LogP contribution is 2.29. The SMILES string of the molecule is C/C(=N\NC(=O)c1cc(-c2ccc(Cl)cc2Cl)n[nH]1)c1ccc(C)cc1. The molecule has 26 heavy (non-hydrogen) atoms. The Morgan fingerprint density at radius 2 is 1.85 bits per heavy atom. The van der Waals surface area contributed by atoms with Crippen LogP contribution in [0, 0.1) is 6.92 Å². The quantitative estimate of drug-likeness (QED) is 0.497. The lowest BCUT2D eigenvalue weighted by Crippen LogP contribution is -2.19. The van der Waals surface area contributed by atoms with E-state index in [2.05, 4.69) is 20.7 Å². The number of benzene rings is 2.